The van der Waals surface area contributed by atoms with E-state index in [0.717, 1.165) is 33.7 Å². The van der Waals surface area contributed by atoms with Crippen molar-refractivity contribution in [1.82, 2.24) is 5.32 Å². The van der Waals surface area contributed by atoms with Crippen molar-refractivity contribution >= 4 is 22.6 Å². The van der Waals surface area contributed by atoms with Crippen LogP contribution in [0.15, 0.2) is 41.0 Å². The average Bonchev–Trinajstić information content (AvgIpc) is 2.82. The van der Waals surface area contributed by atoms with Crippen molar-refractivity contribution in [2.24, 2.45) is 0 Å². The normalized spacial score (nSPS) is 10.6. The van der Waals surface area contributed by atoms with Crippen LogP contribution in [0.2, 0.25) is 0 Å². The fourth-order valence-corrected chi connectivity index (χ4v) is 2.09. The van der Waals surface area contributed by atoms with Gasteiger partial charge in [-0.15, -0.1) is 0 Å². The van der Waals surface area contributed by atoms with Crippen LogP contribution in [0.1, 0.15) is 18.2 Å². The highest BCUT2D eigenvalue weighted by Gasteiger charge is 2.02. The van der Waals surface area contributed by atoms with Crippen LogP contribution in [-0.2, 0) is 13.2 Å². The van der Waals surface area contributed by atoms with E-state index >= 15 is 0 Å². The maximum absolute atomic E-state index is 5.67. The quantitative estimate of drug-likeness (QED) is 0.803. The minimum absolute atomic E-state index is 0.465. The zero-order valence-corrected chi connectivity index (χ0v) is 12.4. The molecule has 2 rings (SSSR count). The van der Waals surface area contributed by atoms with Gasteiger partial charge in [-0.05, 0) is 53.4 Å². The Balaban J connectivity index is 1.88. The molecule has 1 aromatic heterocycles. The SMILES string of the molecule is CCNCc1coc(COc2cccc(I)c2)c1. The van der Waals surface area contributed by atoms with Crippen molar-refractivity contribution in [3.05, 3.63) is 51.5 Å². The molecule has 96 valence electrons. The Kier molecular flexibility index (Phi) is 5.07. The Bertz CT molecular complexity index is 496. The van der Waals surface area contributed by atoms with Gasteiger partial charge in [0, 0.05) is 15.7 Å². The highest BCUT2D eigenvalue weighted by atomic mass is 127. The molecule has 1 aromatic carbocycles. The number of hydrogen-bond acceptors (Lipinski definition) is 3. The number of hydrogen-bond donors (Lipinski definition) is 1. The zero-order valence-electron chi connectivity index (χ0n) is 10.3. The third kappa shape index (κ3) is 4.03. The Labute approximate surface area is 121 Å². The van der Waals surface area contributed by atoms with Crippen molar-refractivity contribution in [3.63, 3.8) is 0 Å². The molecule has 0 amide bonds. The largest absolute Gasteiger partial charge is 0.486 e. The number of ether oxygens (including phenoxy) is 1. The smallest absolute Gasteiger partial charge is 0.146 e. The van der Waals surface area contributed by atoms with Crippen LogP contribution in [0.5, 0.6) is 5.75 Å². The van der Waals surface area contributed by atoms with Crippen LogP contribution in [0.3, 0.4) is 0 Å². The lowest BCUT2D eigenvalue weighted by molar-refractivity contribution is 0.270. The summed E-state index contributed by atoms with van der Waals surface area (Å²) in [5.41, 5.74) is 1.15. The Morgan fingerprint density at radius 1 is 1.33 bits per heavy atom. The monoisotopic (exact) mass is 357 g/mol. The molecule has 0 saturated carbocycles. The van der Waals surface area contributed by atoms with Crippen LogP contribution >= 0.6 is 22.6 Å². The van der Waals surface area contributed by atoms with E-state index in [-0.39, 0.29) is 0 Å². The van der Waals surface area contributed by atoms with Gasteiger partial charge < -0.3 is 14.5 Å². The second-order valence-corrected chi connectivity index (χ2v) is 5.19. The summed E-state index contributed by atoms with van der Waals surface area (Å²) in [5, 5.41) is 3.26. The van der Waals surface area contributed by atoms with Crippen LogP contribution in [0, 0.1) is 3.57 Å². The molecule has 18 heavy (non-hydrogen) atoms. The summed E-state index contributed by atoms with van der Waals surface area (Å²) in [5.74, 6) is 1.72. The number of benzene rings is 1. The Morgan fingerprint density at radius 2 is 2.22 bits per heavy atom. The van der Waals surface area contributed by atoms with Crippen molar-refractivity contribution < 1.29 is 9.15 Å². The predicted octanol–water partition coefficient (Wildman–Crippen LogP) is 3.57. The fourth-order valence-electron chi connectivity index (χ4n) is 1.58. The molecule has 0 aliphatic heterocycles. The number of rotatable bonds is 6. The number of halogens is 1. The summed E-state index contributed by atoms with van der Waals surface area (Å²) < 4.78 is 12.3. The molecule has 0 unspecified atom stereocenters. The zero-order chi connectivity index (χ0) is 12.8. The molecular formula is C14H16INO2. The second-order valence-electron chi connectivity index (χ2n) is 3.95. The van der Waals surface area contributed by atoms with Gasteiger partial charge >= 0.3 is 0 Å². The average molecular weight is 357 g/mol. The van der Waals surface area contributed by atoms with E-state index in [1.807, 2.05) is 30.3 Å². The molecule has 0 fully saturated rings. The lowest BCUT2D eigenvalue weighted by Crippen LogP contribution is -2.10. The number of furan rings is 1. The molecule has 0 spiro atoms. The van der Waals surface area contributed by atoms with Gasteiger partial charge in [0.05, 0.1) is 6.26 Å². The maximum Gasteiger partial charge on any atom is 0.146 e. The van der Waals surface area contributed by atoms with Crippen molar-refractivity contribution in [1.29, 1.82) is 0 Å². The highest BCUT2D eigenvalue weighted by molar-refractivity contribution is 14.1. The Morgan fingerprint density at radius 3 is 3.00 bits per heavy atom. The standard InChI is InChI=1S/C14H16INO2/c1-2-16-8-11-6-14(17-9-11)10-18-13-5-3-4-12(15)7-13/h3-7,9,16H,2,8,10H2,1H3. The van der Waals surface area contributed by atoms with Gasteiger partial charge in [0.1, 0.15) is 18.1 Å². The molecule has 1 N–H and O–H groups in total. The van der Waals surface area contributed by atoms with Crippen LogP contribution in [0.4, 0.5) is 0 Å². The van der Waals surface area contributed by atoms with E-state index in [9.17, 15) is 0 Å². The summed E-state index contributed by atoms with van der Waals surface area (Å²) in [7, 11) is 0. The first-order chi connectivity index (χ1) is 8.78. The highest BCUT2D eigenvalue weighted by Crippen LogP contribution is 2.17. The van der Waals surface area contributed by atoms with E-state index in [2.05, 4.69) is 34.8 Å². The molecule has 0 radical (unpaired) electrons. The molecule has 3 nitrogen and oxygen atoms in total. The van der Waals surface area contributed by atoms with Gasteiger partial charge in [0.2, 0.25) is 0 Å². The molecule has 0 bridgehead atoms. The first-order valence-corrected chi connectivity index (χ1v) is 7.01. The lowest BCUT2D eigenvalue weighted by Gasteiger charge is -2.03. The molecule has 1 heterocycles. The molecule has 0 atom stereocenters. The fraction of sp³-hybridized carbons (Fsp3) is 0.286. The molecule has 0 aliphatic carbocycles. The van der Waals surface area contributed by atoms with Gasteiger partial charge in [-0.3, -0.25) is 0 Å². The van der Waals surface area contributed by atoms with Crippen molar-refractivity contribution in [2.75, 3.05) is 6.54 Å². The third-order valence-electron chi connectivity index (χ3n) is 2.46. The summed E-state index contributed by atoms with van der Waals surface area (Å²) in [6, 6.07) is 9.99. The third-order valence-corrected chi connectivity index (χ3v) is 3.14. The van der Waals surface area contributed by atoms with Crippen molar-refractivity contribution in [3.8, 4) is 5.75 Å². The van der Waals surface area contributed by atoms with Gasteiger partial charge in [0.15, 0.2) is 0 Å². The molecular weight excluding hydrogens is 341 g/mol. The van der Waals surface area contributed by atoms with Crippen LogP contribution < -0.4 is 10.1 Å². The van der Waals surface area contributed by atoms with E-state index in [4.69, 9.17) is 9.15 Å². The lowest BCUT2D eigenvalue weighted by atomic mass is 10.3. The van der Waals surface area contributed by atoms with Gasteiger partial charge in [0.25, 0.3) is 0 Å². The minimum atomic E-state index is 0.465. The van der Waals surface area contributed by atoms with E-state index < -0.39 is 0 Å². The molecule has 2 aromatic rings. The van der Waals surface area contributed by atoms with Gasteiger partial charge in [-0.25, -0.2) is 0 Å². The first kappa shape index (κ1) is 13.4. The number of nitrogens with one attached hydrogen (secondary N) is 1. The topological polar surface area (TPSA) is 34.4 Å². The summed E-state index contributed by atoms with van der Waals surface area (Å²) in [4.78, 5) is 0. The Hall–Kier alpha value is -1.01. The van der Waals surface area contributed by atoms with E-state index in [0.29, 0.717) is 6.61 Å². The predicted molar refractivity (Wildman–Crippen MR) is 79.6 cm³/mol. The molecule has 4 heteroatoms. The van der Waals surface area contributed by atoms with Gasteiger partial charge in [-0.2, -0.15) is 0 Å². The van der Waals surface area contributed by atoms with Gasteiger partial charge in [-0.1, -0.05) is 13.0 Å². The summed E-state index contributed by atoms with van der Waals surface area (Å²) in [6.07, 6.45) is 1.77. The molecule has 0 saturated heterocycles. The van der Waals surface area contributed by atoms with E-state index in [1.54, 1.807) is 6.26 Å². The van der Waals surface area contributed by atoms with Crippen molar-refractivity contribution in [2.45, 2.75) is 20.1 Å². The second kappa shape index (κ2) is 6.80. The first-order valence-electron chi connectivity index (χ1n) is 5.93. The van der Waals surface area contributed by atoms with Crippen LogP contribution in [-0.4, -0.2) is 6.54 Å². The van der Waals surface area contributed by atoms with E-state index in [1.165, 1.54) is 0 Å². The summed E-state index contributed by atoms with van der Waals surface area (Å²) >= 11 is 2.27. The van der Waals surface area contributed by atoms with Crippen LogP contribution in [0.25, 0.3) is 0 Å². The minimum Gasteiger partial charge on any atom is -0.486 e. The maximum atomic E-state index is 5.67. The molecule has 0 aliphatic rings. The summed E-state index contributed by atoms with van der Waals surface area (Å²) in [6.45, 7) is 4.34.